The summed E-state index contributed by atoms with van der Waals surface area (Å²) in [5.41, 5.74) is 0.286. The van der Waals surface area contributed by atoms with Crippen LogP contribution in [0, 0.1) is 0 Å². The first-order valence-corrected chi connectivity index (χ1v) is 4.47. The molecule has 13 heavy (non-hydrogen) atoms. The topological polar surface area (TPSA) is 44.1 Å². The minimum Gasteiger partial charge on any atom is -0.458 e. The molecule has 0 atom stereocenters. The van der Waals surface area contributed by atoms with Crippen LogP contribution in [0.4, 0.5) is 0 Å². The quantitative estimate of drug-likeness (QED) is 0.553. The van der Waals surface area contributed by atoms with Gasteiger partial charge in [-0.15, -0.1) is 11.6 Å². The number of esters is 1. The predicted octanol–water partition coefficient (Wildman–Crippen LogP) is 1.64. The fraction of sp³-hybridized carbons (Fsp3) is 0.500. The van der Waals surface area contributed by atoms with E-state index in [4.69, 9.17) is 16.3 Å². The summed E-state index contributed by atoms with van der Waals surface area (Å²) in [7, 11) is 0. The van der Waals surface area contributed by atoms with Crippen LogP contribution >= 0.6 is 11.6 Å². The van der Waals surface area contributed by atoms with Gasteiger partial charge in [-0.3, -0.25) is 4.68 Å². The Morgan fingerprint density at radius 1 is 1.77 bits per heavy atom. The van der Waals surface area contributed by atoms with E-state index in [1.165, 1.54) is 4.68 Å². The molecule has 0 bridgehead atoms. The average Bonchev–Trinajstić information content (AvgIpc) is 2.50. The number of hydrogen-bond acceptors (Lipinski definition) is 3. The first kappa shape index (κ1) is 10.1. The summed E-state index contributed by atoms with van der Waals surface area (Å²) in [5.74, 6) is -0.418. The van der Waals surface area contributed by atoms with Gasteiger partial charge in [0.05, 0.1) is 6.10 Å². The molecule has 0 unspecified atom stereocenters. The Morgan fingerprint density at radius 2 is 2.46 bits per heavy atom. The van der Waals surface area contributed by atoms with Gasteiger partial charge >= 0.3 is 5.97 Å². The van der Waals surface area contributed by atoms with Gasteiger partial charge in [0, 0.05) is 6.20 Å². The number of alkyl halides is 1. The van der Waals surface area contributed by atoms with Crippen molar-refractivity contribution in [3.63, 3.8) is 0 Å². The van der Waals surface area contributed by atoms with Crippen molar-refractivity contribution in [2.45, 2.75) is 26.0 Å². The summed E-state index contributed by atoms with van der Waals surface area (Å²) in [6.45, 7) is 3.58. The molecule has 0 saturated carbocycles. The number of ether oxygens (including phenoxy) is 1. The lowest BCUT2D eigenvalue weighted by atomic mass is 10.4. The first-order valence-electron chi connectivity index (χ1n) is 3.94. The van der Waals surface area contributed by atoms with Crippen molar-refractivity contribution in [3.8, 4) is 0 Å². The predicted molar refractivity (Wildman–Crippen MR) is 48.6 cm³/mol. The second-order valence-corrected chi connectivity index (χ2v) is 3.05. The highest BCUT2D eigenvalue weighted by molar-refractivity contribution is 6.15. The van der Waals surface area contributed by atoms with Crippen LogP contribution in [0.5, 0.6) is 0 Å². The Hall–Kier alpha value is -1.03. The zero-order valence-electron chi connectivity index (χ0n) is 7.53. The highest BCUT2D eigenvalue weighted by Crippen LogP contribution is 2.01. The van der Waals surface area contributed by atoms with Crippen molar-refractivity contribution in [3.05, 3.63) is 18.0 Å². The van der Waals surface area contributed by atoms with Crippen LogP contribution in [-0.4, -0.2) is 21.9 Å². The third-order valence-electron chi connectivity index (χ3n) is 1.31. The maximum Gasteiger partial charge on any atom is 0.359 e. The number of rotatable bonds is 3. The van der Waals surface area contributed by atoms with Crippen LogP contribution in [0.15, 0.2) is 12.3 Å². The van der Waals surface area contributed by atoms with E-state index >= 15 is 0 Å². The summed E-state index contributed by atoms with van der Waals surface area (Å²) in [5, 5.41) is 3.89. The molecule has 1 heterocycles. The molecule has 4 nitrogen and oxygen atoms in total. The molecule has 1 rings (SSSR count). The molecule has 0 amide bonds. The summed E-state index contributed by atoms with van der Waals surface area (Å²) >= 11 is 5.50. The molecular formula is C8H11ClN2O2. The molecule has 0 N–H and O–H groups in total. The Balaban J connectivity index is 2.66. The maximum atomic E-state index is 11.2. The molecule has 5 heteroatoms. The molecule has 72 valence electrons. The van der Waals surface area contributed by atoms with Crippen LogP contribution in [0.2, 0.25) is 0 Å². The Morgan fingerprint density at radius 3 is 2.92 bits per heavy atom. The molecular weight excluding hydrogens is 192 g/mol. The van der Waals surface area contributed by atoms with Gasteiger partial charge in [-0.2, -0.15) is 5.10 Å². The fourth-order valence-electron chi connectivity index (χ4n) is 0.812. The highest BCUT2D eigenvalue weighted by atomic mass is 35.5. The van der Waals surface area contributed by atoms with Gasteiger partial charge in [0.25, 0.3) is 0 Å². The zero-order chi connectivity index (χ0) is 9.84. The largest absolute Gasteiger partial charge is 0.458 e. The Labute approximate surface area is 81.4 Å². The average molecular weight is 203 g/mol. The van der Waals surface area contributed by atoms with Gasteiger partial charge in [0.15, 0.2) is 5.69 Å². The smallest absolute Gasteiger partial charge is 0.359 e. The van der Waals surface area contributed by atoms with E-state index in [0.717, 1.165) is 0 Å². The van der Waals surface area contributed by atoms with Gasteiger partial charge in [-0.05, 0) is 19.9 Å². The zero-order valence-corrected chi connectivity index (χ0v) is 8.28. The second kappa shape index (κ2) is 4.28. The van der Waals surface area contributed by atoms with E-state index in [2.05, 4.69) is 5.10 Å². The molecule has 0 saturated heterocycles. The minimum absolute atomic E-state index is 0.131. The number of aromatic nitrogens is 2. The van der Waals surface area contributed by atoms with Crippen LogP contribution in [-0.2, 0) is 10.7 Å². The van der Waals surface area contributed by atoms with E-state index in [0.29, 0.717) is 0 Å². The number of carbonyl (C=O) groups is 1. The van der Waals surface area contributed by atoms with Gasteiger partial charge in [0.2, 0.25) is 0 Å². The van der Waals surface area contributed by atoms with E-state index in [9.17, 15) is 4.79 Å². The van der Waals surface area contributed by atoms with Crippen LogP contribution in [0.1, 0.15) is 24.3 Å². The van der Waals surface area contributed by atoms with Gasteiger partial charge < -0.3 is 4.74 Å². The lowest BCUT2D eigenvalue weighted by Gasteiger charge is -2.04. The van der Waals surface area contributed by atoms with E-state index in [-0.39, 0.29) is 17.8 Å². The van der Waals surface area contributed by atoms with Crippen molar-refractivity contribution < 1.29 is 9.53 Å². The summed E-state index contributed by atoms with van der Waals surface area (Å²) < 4.78 is 6.39. The summed E-state index contributed by atoms with van der Waals surface area (Å²) in [4.78, 5) is 11.2. The molecule has 1 aromatic heterocycles. The molecule has 1 aromatic rings. The lowest BCUT2D eigenvalue weighted by Crippen LogP contribution is -2.12. The van der Waals surface area contributed by atoms with E-state index in [1.54, 1.807) is 26.1 Å². The molecule has 0 spiro atoms. The number of hydrogen-bond donors (Lipinski definition) is 0. The highest BCUT2D eigenvalue weighted by Gasteiger charge is 2.11. The van der Waals surface area contributed by atoms with Crippen molar-refractivity contribution in [2.24, 2.45) is 0 Å². The maximum absolute atomic E-state index is 11.2. The lowest BCUT2D eigenvalue weighted by molar-refractivity contribution is 0.0370. The third kappa shape index (κ3) is 2.73. The monoisotopic (exact) mass is 202 g/mol. The van der Waals surface area contributed by atoms with Crippen LogP contribution in [0.3, 0.4) is 0 Å². The Bertz CT molecular complexity index is 296. The number of halogens is 1. The Kier molecular flexibility index (Phi) is 3.31. The third-order valence-corrected chi connectivity index (χ3v) is 1.56. The molecule has 0 aliphatic rings. The standard InChI is InChI=1S/C8H11ClN2O2/c1-6(2)13-8(12)7-3-4-11(5-9)10-7/h3-4,6H,5H2,1-2H3. The summed E-state index contributed by atoms with van der Waals surface area (Å²) in [6.07, 6.45) is 1.50. The van der Waals surface area contributed by atoms with Crippen molar-refractivity contribution in [1.82, 2.24) is 9.78 Å². The normalized spacial score (nSPS) is 10.5. The fourth-order valence-corrected chi connectivity index (χ4v) is 0.945. The van der Waals surface area contributed by atoms with Crippen LogP contribution in [0.25, 0.3) is 0 Å². The number of nitrogens with zero attached hydrogens (tertiary/aromatic N) is 2. The molecule has 0 fully saturated rings. The first-order chi connectivity index (χ1) is 6.13. The minimum atomic E-state index is -0.418. The second-order valence-electron chi connectivity index (χ2n) is 2.81. The molecule has 0 aliphatic carbocycles. The van der Waals surface area contributed by atoms with Gasteiger partial charge in [-0.25, -0.2) is 4.79 Å². The SMILES string of the molecule is CC(C)OC(=O)c1ccn(CCl)n1. The van der Waals surface area contributed by atoms with Gasteiger partial charge in [0.1, 0.15) is 6.00 Å². The molecule has 0 aromatic carbocycles. The van der Waals surface area contributed by atoms with Crippen molar-refractivity contribution >= 4 is 17.6 Å². The summed E-state index contributed by atoms with van der Waals surface area (Å²) in [6, 6.07) is 1.81. The van der Waals surface area contributed by atoms with E-state index < -0.39 is 5.97 Å². The van der Waals surface area contributed by atoms with Crippen molar-refractivity contribution in [1.29, 1.82) is 0 Å². The van der Waals surface area contributed by atoms with Crippen LogP contribution < -0.4 is 0 Å². The van der Waals surface area contributed by atoms with Crippen molar-refractivity contribution in [2.75, 3.05) is 0 Å². The molecule has 0 aliphatic heterocycles. The number of carbonyl (C=O) groups excluding carboxylic acids is 1. The van der Waals surface area contributed by atoms with Gasteiger partial charge in [-0.1, -0.05) is 0 Å². The molecule has 0 radical (unpaired) electrons. The van der Waals surface area contributed by atoms with E-state index in [1.807, 2.05) is 0 Å².